The molecule has 3 nitrogen and oxygen atoms in total. The van der Waals surface area contributed by atoms with Crippen LogP contribution in [-0.2, 0) is 0 Å². The Labute approximate surface area is 243 Å². The van der Waals surface area contributed by atoms with Crippen molar-refractivity contribution in [1.29, 1.82) is 0 Å². The lowest BCUT2D eigenvalue weighted by molar-refractivity contribution is 1.10. The monoisotopic (exact) mass is 543 g/mol. The average molecular weight is 544 g/mol. The fourth-order valence-corrected chi connectivity index (χ4v) is 6.78. The molecule has 7 aromatic rings. The average Bonchev–Trinajstić information content (AvgIpc) is 3.44. The summed E-state index contributed by atoms with van der Waals surface area (Å²) in [4.78, 5) is 9.98. The number of hydrogen-bond donors (Lipinski definition) is 0. The maximum absolute atomic E-state index is 5.17. The Morgan fingerprint density at radius 3 is 2.02 bits per heavy atom. The highest BCUT2D eigenvalue weighted by molar-refractivity contribution is 7.99. The van der Waals surface area contributed by atoms with Crippen LogP contribution in [0.1, 0.15) is 0 Å². The molecule has 1 aliphatic heterocycles. The lowest BCUT2D eigenvalue weighted by atomic mass is 10.0. The highest BCUT2D eigenvalue weighted by atomic mass is 32.2. The number of benzene rings is 6. The minimum Gasteiger partial charge on any atom is -0.308 e. The van der Waals surface area contributed by atoms with Gasteiger partial charge in [0.15, 0.2) is 0 Å². The topological polar surface area (TPSA) is 21.1 Å². The van der Waals surface area contributed by atoms with Gasteiger partial charge in [-0.1, -0.05) is 96.7 Å². The van der Waals surface area contributed by atoms with Crippen LogP contribution in [0.5, 0.6) is 0 Å². The Hall–Kier alpha value is -5.06. The summed E-state index contributed by atoms with van der Waals surface area (Å²) in [6.07, 6.45) is 0. The summed E-state index contributed by atoms with van der Waals surface area (Å²) in [6.45, 7) is 0. The fourth-order valence-electron chi connectivity index (χ4n) is 5.69. The van der Waals surface area contributed by atoms with E-state index < -0.39 is 0 Å². The Morgan fingerprint density at radius 2 is 1.15 bits per heavy atom. The van der Waals surface area contributed by atoms with Gasteiger partial charge < -0.3 is 4.90 Å². The van der Waals surface area contributed by atoms with Crippen molar-refractivity contribution in [2.24, 2.45) is 0 Å². The van der Waals surface area contributed by atoms with Crippen LogP contribution in [0.4, 0.5) is 17.1 Å². The van der Waals surface area contributed by atoms with Crippen LogP contribution in [0.25, 0.3) is 39.2 Å². The smallest absolute Gasteiger partial charge is 0.145 e. The van der Waals surface area contributed by atoms with Crippen molar-refractivity contribution in [2.45, 2.75) is 9.79 Å². The lowest BCUT2D eigenvalue weighted by Crippen LogP contribution is -2.14. The maximum Gasteiger partial charge on any atom is 0.145 e. The molecule has 1 aliphatic rings. The van der Waals surface area contributed by atoms with Crippen LogP contribution in [0.15, 0.2) is 161 Å². The molecule has 0 spiro atoms. The third-order valence-electron chi connectivity index (χ3n) is 7.57. The van der Waals surface area contributed by atoms with Gasteiger partial charge in [0.05, 0.1) is 22.4 Å². The molecule has 0 aliphatic carbocycles. The summed E-state index contributed by atoms with van der Waals surface area (Å²) in [5.74, 6) is 0.935. The summed E-state index contributed by atoms with van der Waals surface area (Å²) >= 11 is 1.82. The summed E-state index contributed by atoms with van der Waals surface area (Å²) in [5, 5.41) is 0. The largest absolute Gasteiger partial charge is 0.308 e. The summed E-state index contributed by atoms with van der Waals surface area (Å²) in [5.41, 5.74) is 10.2. The predicted octanol–water partition coefficient (Wildman–Crippen LogP) is 10.3. The number of fused-ring (bicyclic) bond motifs is 3. The maximum atomic E-state index is 5.17. The number of para-hydroxylation sites is 4. The van der Waals surface area contributed by atoms with Crippen molar-refractivity contribution < 1.29 is 0 Å². The van der Waals surface area contributed by atoms with Crippen molar-refractivity contribution >= 4 is 39.9 Å². The molecule has 0 saturated heterocycles. The minimum atomic E-state index is 0.935. The van der Waals surface area contributed by atoms with Gasteiger partial charge in [-0.3, -0.25) is 4.57 Å². The molecule has 41 heavy (non-hydrogen) atoms. The Bertz CT molecular complexity index is 2030. The van der Waals surface area contributed by atoms with Gasteiger partial charge in [-0.05, 0) is 77.9 Å². The highest BCUT2D eigenvalue weighted by Crippen LogP contribution is 2.52. The third kappa shape index (κ3) is 4.12. The molecule has 0 fully saturated rings. The van der Waals surface area contributed by atoms with Crippen LogP contribution in [0, 0.1) is 0 Å². The zero-order chi connectivity index (χ0) is 27.2. The van der Waals surface area contributed by atoms with Crippen molar-refractivity contribution in [3.63, 3.8) is 0 Å². The minimum absolute atomic E-state index is 0.935. The number of rotatable bonds is 4. The number of aromatic nitrogens is 2. The molecule has 4 heteroatoms. The van der Waals surface area contributed by atoms with Crippen LogP contribution in [0.3, 0.4) is 0 Å². The molecule has 0 radical (unpaired) electrons. The first-order chi connectivity index (χ1) is 20.3. The standard InChI is InChI=1S/C37H25N3S/c1-3-12-26(13-4-1)27-14-11-17-30(24-27)40-32-19-8-7-18-31(32)38-37(40)28-22-23-34-36(25-28)41-35-21-10-9-20-33(35)39(34)29-15-5-2-6-16-29/h1-25H. The van der Waals surface area contributed by atoms with Gasteiger partial charge in [-0.2, -0.15) is 0 Å². The van der Waals surface area contributed by atoms with Crippen molar-refractivity contribution in [1.82, 2.24) is 9.55 Å². The molecular formula is C37H25N3S. The van der Waals surface area contributed by atoms with Gasteiger partial charge in [0.2, 0.25) is 0 Å². The molecule has 8 rings (SSSR count). The van der Waals surface area contributed by atoms with E-state index in [2.05, 4.69) is 161 Å². The molecule has 0 amide bonds. The van der Waals surface area contributed by atoms with Crippen molar-refractivity contribution in [3.05, 3.63) is 152 Å². The summed E-state index contributed by atoms with van der Waals surface area (Å²) in [7, 11) is 0. The fraction of sp³-hybridized carbons (Fsp3) is 0. The zero-order valence-corrected chi connectivity index (χ0v) is 23.0. The van der Waals surface area contributed by atoms with Crippen molar-refractivity contribution in [3.8, 4) is 28.2 Å². The van der Waals surface area contributed by atoms with Gasteiger partial charge >= 0.3 is 0 Å². The van der Waals surface area contributed by atoms with E-state index in [0.29, 0.717) is 0 Å². The van der Waals surface area contributed by atoms with E-state index in [1.165, 1.54) is 32.3 Å². The molecular weight excluding hydrogens is 518 g/mol. The van der Waals surface area contributed by atoms with E-state index in [0.717, 1.165) is 33.8 Å². The lowest BCUT2D eigenvalue weighted by Gasteiger charge is -2.33. The first-order valence-corrected chi connectivity index (χ1v) is 14.5. The number of imidazole rings is 1. The second-order valence-corrected chi connectivity index (χ2v) is 11.2. The molecule has 0 unspecified atom stereocenters. The molecule has 194 valence electrons. The van der Waals surface area contributed by atoms with Gasteiger partial charge in [-0.15, -0.1) is 0 Å². The molecule has 2 heterocycles. The number of anilines is 3. The molecule has 0 saturated carbocycles. The number of hydrogen-bond acceptors (Lipinski definition) is 3. The normalized spacial score (nSPS) is 12.2. The van der Waals surface area contributed by atoms with Crippen LogP contribution in [-0.4, -0.2) is 9.55 Å². The molecule has 0 N–H and O–H groups in total. The van der Waals surface area contributed by atoms with E-state index in [9.17, 15) is 0 Å². The van der Waals surface area contributed by atoms with Crippen LogP contribution < -0.4 is 4.90 Å². The van der Waals surface area contributed by atoms with Crippen LogP contribution in [0.2, 0.25) is 0 Å². The third-order valence-corrected chi connectivity index (χ3v) is 8.68. The second-order valence-electron chi connectivity index (χ2n) is 10.1. The van der Waals surface area contributed by atoms with E-state index in [4.69, 9.17) is 4.98 Å². The molecule has 0 bridgehead atoms. The van der Waals surface area contributed by atoms with Crippen molar-refractivity contribution in [2.75, 3.05) is 4.90 Å². The first kappa shape index (κ1) is 23.8. The zero-order valence-electron chi connectivity index (χ0n) is 22.2. The highest BCUT2D eigenvalue weighted by Gasteiger charge is 2.26. The Morgan fingerprint density at radius 1 is 0.463 bits per heavy atom. The summed E-state index contributed by atoms with van der Waals surface area (Å²) < 4.78 is 2.29. The molecule has 1 aromatic heterocycles. The SMILES string of the molecule is c1ccc(-c2cccc(-n3c(-c4ccc5c(c4)Sc4ccccc4N5c4ccccc4)nc4ccccc43)c2)cc1. The quantitative estimate of drug-likeness (QED) is 0.220. The van der Waals surface area contributed by atoms with Gasteiger partial charge in [-0.25, -0.2) is 4.98 Å². The van der Waals surface area contributed by atoms with E-state index in [1.807, 2.05) is 11.8 Å². The first-order valence-electron chi connectivity index (χ1n) is 13.7. The van der Waals surface area contributed by atoms with Gasteiger partial charge in [0, 0.05) is 26.7 Å². The molecule has 6 aromatic carbocycles. The number of nitrogens with zero attached hydrogens (tertiary/aromatic N) is 3. The second kappa shape index (κ2) is 9.84. The summed E-state index contributed by atoms with van der Waals surface area (Å²) in [6, 6.07) is 53.6. The van der Waals surface area contributed by atoms with Gasteiger partial charge in [0.25, 0.3) is 0 Å². The Kier molecular flexibility index (Phi) is 5.71. The van der Waals surface area contributed by atoms with Crippen LogP contribution >= 0.6 is 11.8 Å². The van der Waals surface area contributed by atoms with Gasteiger partial charge in [0.1, 0.15) is 5.82 Å². The van der Waals surface area contributed by atoms with E-state index >= 15 is 0 Å². The van der Waals surface area contributed by atoms with E-state index in [1.54, 1.807) is 0 Å². The van der Waals surface area contributed by atoms with E-state index in [-0.39, 0.29) is 0 Å². The molecule has 0 atom stereocenters. The Balaban J connectivity index is 1.30. The predicted molar refractivity (Wildman–Crippen MR) is 171 cm³/mol.